The molecule has 0 fully saturated rings. The van der Waals surface area contributed by atoms with Crippen LogP contribution in [-0.2, 0) is 16.1 Å². The van der Waals surface area contributed by atoms with Crippen molar-refractivity contribution in [1.82, 2.24) is 5.32 Å². The second-order valence-corrected chi connectivity index (χ2v) is 5.74. The zero-order valence-corrected chi connectivity index (χ0v) is 13.2. The van der Waals surface area contributed by atoms with Gasteiger partial charge in [-0.25, -0.2) is 4.39 Å². The van der Waals surface area contributed by atoms with Gasteiger partial charge in [0.1, 0.15) is 5.82 Å². The Labute approximate surface area is 140 Å². The van der Waals surface area contributed by atoms with Crippen LogP contribution in [0, 0.1) is 5.82 Å². The van der Waals surface area contributed by atoms with Crippen LogP contribution in [0.4, 0.5) is 4.39 Å². The summed E-state index contributed by atoms with van der Waals surface area (Å²) in [6.45, 7) is -0.191. The van der Waals surface area contributed by atoms with Crippen LogP contribution in [0.25, 0.3) is 0 Å². The van der Waals surface area contributed by atoms with E-state index in [-0.39, 0.29) is 24.4 Å². The van der Waals surface area contributed by atoms with Crippen LogP contribution in [0.3, 0.4) is 0 Å². The van der Waals surface area contributed by atoms with Crippen molar-refractivity contribution in [3.05, 3.63) is 71.0 Å². The number of rotatable bonds is 5. The standard InChI is InChI=1S/C19H19FN2O2/c20-17-10-4-2-7-15(17)12-21-24-13-19(23)22-18-11-5-8-14-6-1-3-9-16(14)18/h1-4,6-7,9-10,12,18H,5,8,11,13H2,(H,22,23)/b21-12-/t18-/m0/s1. The van der Waals surface area contributed by atoms with Gasteiger partial charge in [-0.3, -0.25) is 4.79 Å². The number of benzene rings is 2. The van der Waals surface area contributed by atoms with E-state index in [9.17, 15) is 9.18 Å². The van der Waals surface area contributed by atoms with Gasteiger partial charge < -0.3 is 10.2 Å². The third-order valence-electron chi connectivity index (χ3n) is 4.07. The van der Waals surface area contributed by atoms with Crippen LogP contribution < -0.4 is 5.32 Å². The zero-order chi connectivity index (χ0) is 16.8. The molecule has 3 rings (SSSR count). The molecule has 0 spiro atoms. The molecule has 24 heavy (non-hydrogen) atoms. The largest absolute Gasteiger partial charge is 0.386 e. The molecule has 0 aromatic heterocycles. The average Bonchev–Trinajstić information content (AvgIpc) is 2.60. The van der Waals surface area contributed by atoms with Crippen LogP contribution in [0.15, 0.2) is 53.7 Å². The van der Waals surface area contributed by atoms with E-state index in [2.05, 4.69) is 22.6 Å². The van der Waals surface area contributed by atoms with Gasteiger partial charge in [0.2, 0.25) is 0 Å². The summed E-state index contributed by atoms with van der Waals surface area (Å²) in [5.74, 6) is -0.615. The van der Waals surface area contributed by atoms with Crippen LogP contribution in [0.1, 0.15) is 35.6 Å². The maximum atomic E-state index is 13.4. The summed E-state index contributed by atoms with van der Waals surface area (Å²) in [7, 11) is 0. The molecule has 0 unspecified atom stereocenters. The third kappa shape index (κ3) is 3.98. The molecular formula is C19H19FN2O2. The summed E-state index contributed by atoms with van der Waals surface area (Å²) >= 11 is 0. The quantitative estimate of drug-likeness (QED) is 0.676. The predicted octanol–water partition coefficient (Wildman–Crippen LogP) is 3.37. The summed E-state index contributed by atoms with van der Waals surface area (Å²) in [6.07, 6.45) is 4.28. The molecule has 0 heterocycles. The van der Waals surface area contributed by atoms with Gasteiger partial charge in [-0.05, 0) is 36.5 Å². The topological polar surface area (TPSA) is 50.7 Å². The first-order chi connectivity index (χ1) is 11.7. The summed E-state index contributed by atoms with van der Waals surface area (Å²) < 4.78 is 13.4. The molecule has 1 aliphatic rings. The molecule has 1 atom stereocenters. The third-order valence-corrected chi connectivity index (χ3v) is 4.07. The van der Waals surface area contributed by atoms with E-state index < -0.39 is 0 Å². The lowest BCUT2D eigenvalue weighted by Gasteiger charge is -2.26. The molecule has 2 aromatic carbocycles. The van der Waals surface area contributed by atoms with Crippen molar-refractivity contribution in [2.75, 3.05) is 6.61 Å². The van der Waals surface area contributed by atoms with Crippen molar-refractivity contribution in [2.45, 2.75) is 25.3 Å². The fourth-order valence-electron chi connectivity index (χ4n) is 2.91. The predicted molar refractivity (Wildman–Crippen MR) is 90.2 cm³/mol. The average molecular weight is 326 g/mol. The number of hydrogen-bond donors (Lipinski definition) is 1. The molecule has 2 aromatic rings. The van der Waals surface area contributed by atoms with Gasteiger partial charge in [0.25, 0.3) is 5.91 Å². The molecule has 1 aliphatic carbocycles. The smallest absolute Gasteiger partial charge is 0.261 e. The Bertz CT molecular complexity index is 746. The van der Waals surface area contributed by atoms with Crippen molar-refractivity contribution < 1.29 is 14.0 Å². The molecule has 0 radical (unpaired) electrons. The lowest BCUT2D eigenvalue weighted by atomic mass is 9.88. The summed E-state index contributed by atoms with van der Waals surface area (Å²) in [5, 5.41) is 6.63. The summed E-state index contributed by atoms with van der Waals surface area (Å²) in [5.41, 5.74) is 2.78. The number of fused-ring (bicyclic) bond motifs is 1. The lowest BCUT2D eigenvalue weighted by molar-refractivity contribution is -0.126. The molecule has 1 amide bonds. The van der Waals surface area contributed by atoms with Crippen molar-refractivity contribution in [1.29, 1.82) is 0 Å². The highest BCUT2D eigenvalue weighted by molar-refractivity contribution is 5.80. The second kappa shape index (κ2) is 7.73. The van der Waals surface area contributed by atoms with Crippen molar-refractivity contribution in [3.63, 3.8) is 0 Å². The Morgan fingerprint density at radius 1 is 1.25 bits per heavy atom. The second-order valence-electron chi connectivity index (χ2n) is 5.74. The molecule has 4 nitrogen and oxygen atoms in total. The maximum absolute atomic E-state index is 13.4. The van der Waals surface area contributed by atoms with Gasteiger partial charge in [0.15, 0.2) is 6.61 Å². The molecular weight excluding hydrogens is 307 g/mol. The minimum absolute atomic E-state index is 0.0154. The molecule has 124 valence electrons. The van der Waals surface area contributed by atoms with Gasteiger partial charge in [0, 0.05) is 5.56 Å². The van der Waals surface area contributed by atoms with E-state index in [0.717, 1.165) is 19.3 Å². The minimum Gasteiger partial charge on any atom is -0.386 e. The van der Waals surface area contributed by atoms with E-state index in [1.165, 1.54) is 23.4 Å². The molecule has 0 saturated carbocycles. The molecule has 0 aliphatic heterocycles. The Hall–Kier alpha value is -2.69. The molecule has 0 bridgehead atoms. The highest BCUT2D eigenvalue weighted by Crippen LogP contribution is 2.29. The number of carbonyl (C=O) groups excluding carboxylic acids is 1. The molecule has 5 heteroatoms. The van der Waals surface area contributed by atoms with E-state index in [0.29, 0.717) is 5.56 Å². The Morgan fingerprint density at radius 3 is 2.92 bits per heavy atom. The van der Waals surface area contributed by atoms with Gasteiger partial charge in [0.05, 0.1) is 12.3 Å². The fourth-order valence-corrected chi connectivity index (χ4v) is 2.91. The van der Waals surface area contributed by atoms with E-state index in [4.69, 9.17) is 4.84 Å². The van der Waals surface area contributed by atoms with Gasteiger partial charge in [-0.15, -0.1) is 0 Å². The van der Waals surface area contributed by atoms with Crippen LogP contribution >= 0.6 is 0 Å². The van der Waals surface area contributed by atoms with E-state index in [1.54, 1.807) is 18.2 Å². The van der Waals surface area contributed by atoms with Crippen molar-refractivity contribution >= 4 is 12.1 Å². The highest BCUT2D eigenvalue weighted by Gasteiger charge is 2.21. The van der Waals surface area contributed by atoms with Gasteiger partial charge in [-0.2, -0.15) is 0 Å². The molecule has 1 N–H and O–H groups in total. The van der Waals surface area contributed by atoms with Crippen molar-refractivity contribution in [2.24, 2.45) is 5.16 Å². The van der Waals surface area contributed by atoms with Gasteiger partial charge in [-0.1, -0.05) is 47.6 Å². The van der Waals surface area contributed by atoms with Crippen molar-refractivity contribution in [3.8, 4) is 0 Å². The normalized spacial score (nSPS) is 16.6. The molecule has 0 saturated heterocycles. The van der Waals surface area contributed by atoms with E-state index in [1.807, 2.05) is 12.1 Å². The summed E-state index contributed by atoms with van der Waals surface area (Å²) in [6, 6.07) is 14.4. The van der Waals surface area contributed by atoms with Gasteiger partial charge >= 0.3 is 0 Å². The first-order valence-electron chi connectivity index (χ1n) is 8.01. The first-order valence-corrected chi connectivity index (χ1v) is 8.01. The van der Waals surface area contributed by atoms with Crippen LogP contribution in [-0.4, -0.2) is 18.7 Å². The first kappa shape index (κ1) is 16.2. The summed E-state index contributed by atoms with van der Waals surface area (Å²) in [4.78, 5) is 17.0. The van der Waals surface area contributed by atoms with Crippen LogP contribution in [0.2, 0.25) is 0 Å². The number of carbonyl (C=O) groups is 1. The Morgan fingerprint density at radius 2 is 2.04 bits per heavy atom. The number of amides is 1. The van der Waals surface area contributed by atoms with Crippen LogP contribution in [0.5, 0.6) is 0 Å². The number of oxime groups is 1. The number of halogens is 1. The monoisotopic (exact) mass is 326 g/mol. The minimum atomic E-state index is -0.381. The zero-order valence-electron chi connectivity index (χ0n) is 13.2. The fraction of sp³-hybridized carbons (Fsp3) is 0.263. The maximum Gasteiger partial charge on any atom is 0.261 e. The Balaban J connectivity index is 1.51. The Kier molecular flexibility index (Phi) is 5.21. The number of aryl methyl sites for hydroxylation is 1. The SMILES string of the molecule is O=C(CO/N=C\c1ccccc1F)N[C@H]1CCCc2ccccc21. The number of hydrogen-bond acceptors (Lipinski definition) is 3. The highest BCUT2D eigenvalue weighted by atomic mass is 19.1. The van der Waals surface area contributed by atoms with E-state index >= 15 is 0 Å². The number of nitrogens with one attached hydrogen (secondary N) is 1. The number of nitrogens with zero attached hydrogens (tertiary/aromatic N) is 1. The lowest BCUT2D eigenvalue weighted by Crippen LogP contribution is -2.33.